The Hall–Kier alpha value is -6.24. The zero-order chi connectivity index (χ0) is 37.9. The molecule has 52 heavy (non-hydrogen) atoms. The summed E-state index contributed by atoms with van der Waals surface area (Å²) < 4.78 is 20.9. The molecule has 0 aromatic heterocycles. The average Bonchev–Trinajstić information content (AvgIpc) is 3.15. The zero-order valence-electron chi connectivity index (χ0n) is 29.1. The Morgan fingerprint density at radius 2 is 0.923 bits per heavy atom. The lowest BCUT2D eigenvalue weighted by atomic mass is 10.1. The number of carboxylic acids is 2. The van der Waals surface area contributed by atoms with E-state index in [1.807, 2.05) is 60.7 Å². The molecule has 4 aromatic carbocycles. The van der Waals surface area contributed by atoms with Crippen molar-refractivity contribution < 1.29 is 48.3 Å². The fourth-order valence-electron chi connectivity index (χ4n) is 4.83. The van der Waals surface area contributed by atoms with E-state index in [0.717, 1.165) is 11.1 Å². The summed E-state index contributed by atoms with van der Waals surface area (Å²) >= 11 is 0. The minimum absolute atomic E-state index is 0.0690. The maximum Gasteiger partial charge on any atom is 0.414 e. The van der Waals surface area contributed by atoms with Crippen LogP contribution in [0.25, 0.3) is 0 Å². The predicted octanol–water partition coefficient (Wildman–Crippen LogP) is 7.72. The molecule has 272 valence electrons. The highest BCUT2D eigenvalue weighted by Gasteiger charge is 2.20. The Labute approximate surface area is 302 Å². The lowest BCUT2D eigenvalue weighted by Gasteiger charge is -2.22. The Morgan fingerprint density at radius 3 is 1.23 bits per heavy atom. The summed E-state index contributed by atoms with van der Waals surface area (Å²) in [6.45, 7) is 8.38. The molecule has 0 heterocycles. The molecule has 4 rings (SSSR count). The van der Waals surface area contributed by atoms with Gasteiger partial charge in [0, 0.05) is 38.7 Å². The van der Waals surface area contributed by atoms with Gasteiger partial charge in [0.05, 0.1) is 24.3 Å². The van der Waals surface area contributed by atoms with Gasteiger partial charge in [-0.1, -0.05) is 72.8 Å². The van der Waals surface area contributed by atoms with Crippen molar-refractivity contribution in [3.05, 3.63) is 156 Å². The van der Waals surface area contributed by atoms with Gasteiger partial charge in [0.2, 0.25) is 0 Å². The molecule has 0 saturated carbocycles. The van der Waals surface area contributed by atoms with Gasteiger partial charge in [0.25, 0.3) is 0 Å². The molecule has 0 aliphatic heterocycles. The fourth-order valence-corrected chi connectivity index (χ4v) is 4.83. The number of ether oxygens (including phenoxy) is 4. The third-order valence-corrected chi connectivity index (χ3v) is 7.17. The van der Waals surface area contributed by atoms with Gasteiger partial charge in [0.1, 0.15) is 13.2 Å². The molecule has 0 bridgehead atoms. The number of benzene rings is 4. The fraction of sp³-hybridized carbons (Fsp3) is 0.200. The van der Waals surface area contributed by atoms with E-state index in [4.69, 9.17) is 18.9 Å². The van der Waals surface area contributed by atoms with Gasteiger partial charge >= 0.3 is 24.1 Å². The highest BCUT2D eigenvalue weighted by molar-refractivity contribution is 5.94. The second kappa shape index (κ2) is 21.1. The van der Waals surface area contributed by atoms with E-state index in [1.165, 1.54) is 48.3 Å². The highest BCUT2D eigenvalue weighted by Crippen LogP contribution is 2.23. The number of hydrogen-bond donors (Lipinski definition) is 2. The standard InChI is InChI=1S/2C20H21NO5/c2*1-3-9-21(20(24)26-14-15-7-5-4-6-8-15)18-11-16(13-25-2)10-17(12-18)19(22)23/h2*3-8,10-12H,1,9,13-14H2,2H3,(H,22,23). The first-order valence-corrected chi connectivity index (χ1v) is 16.0. The van der Waals surface area contributed by atoms with Crippen molar-refractivity contribution in [1.29, 1.82) is 0 Å². The molecule has 0 aliphatic carbocycles. The normalized spacial score (nSPS) is 10.2. The predicted molar refractivity (Wildman–Crippen MR) is 197 cm³/mol. The molecule has 4 aromatic rings. The van der Waals surface area contributed by atoms with E-state index in [1.54, 1.807) is 24.3 Å². The number of amides is 2. The van der Waals surface area contributed by atoms with Crippen molar-refractivity contribution >= 4 is 35.5 Å². The summed E-state index contributed by atoms with van der Waals surface area (Å²) in [7, 11) is 3.03. The molecule has 0 aliphatic rings. The Bertz CT molecular complexity index is 1680. The summed E-state index contributed by atoms with van der Waals surface area (Å²) in [5, 5.41) is 18.6. The van der Waals surface area contributed by atoms with Gasteiger partial charge in [-0.3, -0.25) is 9.80 Å². The lowest BCUT2D eigenvalue weighted by Crippen LogP contribution is -2.32. The topological polar surface area (TPSA) is 152 Å². The van der Waals surface area contributed by atoms with E-state index >= 15 is 0 Å². The number of carbonyl (C=O) groups excluding carboxylic acids is 2. The number of aromatic carboxylic acids is 2. The van der Waals surface area contributed by atoms with Crippen LogP contribution >= 0.6 is 0 Å². The molecule has 12 heteroatoms. The Balaban J connectivity index is 0.000000280. The van der Waals surface area contributed by atoms with Crippen molar-refractivity contribution in [2.24, 2.45) is 0 Å². The lowest BCUT2D eigenvalue weighted by molar-refractivity contribution is 0.0685. The van der Waals surface area contributed by atoms with E-state index in [0.29, 0.717) is 22.5 Å². The van der Waals surface area contributed by atoms with Crippen LogP contribution in [0.15, 0.2) is 122 Å². The summed E-state index contributed by atoms with van der Waals surface area (Å²) in [4.78, 5) is 50.5. The molecular formula is C40H42N2O10. The van der Waals surface area contributed by atoms with Gasteiger partial charge in [-0.15, -0.1) is 13.2 Å². The van der Waals surface area contributed by atoms with Crippen molar-refractivity contribution in [1.82, 2.24) is 0 Å². The second-order valence-corrected chi connectivity index (χ2v) is 11.1. The van der Waals surface area contributed by atoms with Crippen LogP contribution in [0.3, 0.4) is 0 Å². The molecule has 12 nitrogen and oxygen atoms in total. The molecule has 0 spiro atoms. The van der Waals surface area contributed by atoms with E-state index in [-0.39, 0.29) is 50.6 Å². The minimum Gasteiger partial charge on any atom is -0.478 e. The first kappa shape index (κ1) is 40.2. The molecule has 0 atom stereocenters. The summed E-state index contributed by atoms with van der Waals surface area (Å²) in [5.74, 6) is -2.17. The molecule has 0 unspecified atom stereocenters. The van der Waals surface area contributed by atoms with Crippen molar-refractivity contribution in [3.8, 4) is 0 Å². The largest absolute Gasteiger partial charge is 0.478 e. The Morgan fingerprint density at radius 1 is 0.558 bits per heavy atom. The van der Waals surface area contributed by atoms with Gasteiger partial charge in [-0.05, 0) is 58.7 Å². The van der Waals surface area contributed by atoms with Crippen LogP contribution in [0.2, 0.25) is 0 Å². The molecule has 0 radical (unpaired) electrons. The summed E-state index contributed by atoms with van der Waals surface area (Å²) in [5.41, 5.74) is 3.97. The van der Waals surface area contributed by atoms with E-state index in [9.17, 15) is 29.4 Å². The van der Waals surface area contributed by atoms with E-state index < -0.39 is 24.1 Å². The first-order valence-electron chi connectivity index (χ1n) is 16.0. The summed E-state index contributed by atoms with van der Waals surface area (Å²) in [6, 6.07) is 27.9. The molecule has 0 saturated heterocycles. The molecule has 0 fully saturated rings. The average molecular weight is 711 g/mol. The first-order chi connectivity index (χ1) is 25.1. The number of methoxy groups -OCH3 is 2. The maximum atomic E-state index is 12.5. The zero-order valence-corrected chi connectivity index (χ0v) is 29.1. The number of rotatable bonds is 16. The van der Waals surface area contributed by atoms with Crippen LogP contribution in [0.1, 0.15) is 43.0 Å². The third-order valence-electron chi connectivity index (χ3n) is 7.17. The summed E-state index contributed by atoms with van der Waals surface area (Å²) in [6.07, 6.45) is 1.93. The minimum atomic E-state index is -1.08. The quantitative estimate of drug-likeness (QED) is 0.111. The third kappa shape index (κ3) is 12.6. The number of carboxylic acid groups (broad SMARTS) is 2. The monoisotopic (exact) mass is 710 g/mol. The molecule has 2 amide bonds. The number of hydrogen-bond acceptors (Lipinski definition) is 8. The number of carbonyl (C=O) groups is 4. The SMILES string of the molecule is C=CCN(C(=O)OCc1ccccc1)c1cc(COC)cc(C(=O)O)c1.C=CCN(C(=O)OCc1ccccc1)c1cc(COC)cc(C(=O)O)c1. The highest BCUT2D eigenvalue weighted by atomic mass is 16.6. The molecular weight excluding hydrogens is 668 g/mol. The number of anilines is 2. The maximum absolute atomic E-state index is 12.5. The van der Waals surface area contributed by atoms with Gasteiger partial charge in [-0.25, -0.2) is 19.2 Å². The van der Waals surface area contributed by atoms with Crippen LogP contribution in [-0.4, -0.2) is 61.6 Å². The van der Waals surface area contributed by atoms with Crippen LogP contribution < -0.4 is 9.80 Å². The van der Waals surface area contributed by atoms with Gasteiger partial charge < -0.3 is 29.2 Å². The van der Waals surface area contributed by atoms with Crippen LogP contribution in [0.4, 0.5) is 21.0 Å². The van der Waals surface area contributed by atoms with E-state index in [2.05, 4.69) is 13.2 Å². The Kier molecular flexibility index (Phi) is 16.3. The van der Waals surface area contributed by atoms with Crippen molar-refractivity contribution in [3.63, 3.8) is 0 Å². The second-order valence-electron chi connectivity index (χ2n) is 11.1. The van der Waals surface area contributed by atoms with Gasteiger partial charge in [-0.2, -0.15) is 0 Å². The van der Waals surface area contributed by atoms with Crippen LogP contribution in [0.5, 0.6) is 0 Å². The van der Waals surface area contributed by atoms with Crippen LogP contribution in [0, 0.1) is 0 Å². The van der Waals surface area contributed by atoms with Crippen molar-refractivity contribution in [2.75, 3.05) is 37.1 Å². The van der Waals surface area contributed by atoms with Crippen molar-refractivity contribution in [2.45, 2.75) is 26.4 Å². The number of nitrogens with zero attached hydrogens (tertiary/aromatic N) is 2. The van der Waals surface area contributed by atoms with Gasteiger partial charge in [0.15, 0.2) is 0 Å². The van der Waals surface area contributed by atoms with Crippen LogP contribution in [-0.2, 0) is 45.4 Å². The molecule has 2 N–H and O–H groups in total. The smallest absolute Gasteiger partial charge is 0.414 e.